The highest BCUT2D eigenvalue weighted by Gasteiger charge is 2.12. The van der Waals surface area contributed by atoms with Crippen LogP contribution in [0.2, 0.25) is 5.02 Å². The van der Waals surface area contributed by atoms with Gasteiger partial charge in [-0.15, -0.1) is 0 Å². The van der Waals surface area contributed by atoms with Gasteiger partial charge >= 0.3 is 0 Å². The first kappa shape index (κ1) is 15.8. The molecule has 120 valence electrons. The minimum atomic E-state index is -0.542. The van der Waals surface area contributed by atoms with Gasteiger partial charge in [0.1, 0.15) is 0 Å². The summed E-state index contributed by atoms with van der Waals surface area (Å²) in [5.74, 6) is -0.441. The molecule has 24 heavy (non-hydrogen) atoms. The quantitative estimate of drug-likeness (QED) is 0.568. The minimum absolute atomic E-state index is 0.136. The predicted molar refractivity (Wildman–Crippen MR) is 91.8 cm³/mol. The summed E-state index contributed by atoms with van der Waals surface area (Å²) in [5.41, 5.74) is 1.36. The molecule has 2 aromatic carbocycles. The van der Waals surface area contributed by atoms with Gasteiger partial charge in [-0.1, -0.05) is 17.7 Å². The Hall–Kier alpha value is -3.12. The first-order chi connectivity index (χ1) is 11.5. The molecular weight excluding hydrogens is 330 g/mol. The van der Waals surface area contributed by atoms with Crippen molar-refractivity contribution in [2.45, 2.75) is 0 Å². The fraction of sp³-hybridized carbons (Fsp3) is 0. The first-order valence-corrected chi connectivity index (χ1v) is 7.41. The van der Waals surface area contributed by atoms with Crippen LogP contribution < -0.4 is 5.32 Å². The summed E-state index contributed by atoms with van der Waals surface area (Å²) in [4.78, 5) is 22.5. The second-order valence-electron chi connectivity index (χ2n) is 5.02. The molecule has 0 spiro atoms. The zero-order valence-corrected chi connectivity index (χ0v) is 13.1. The monoisotopic (exact) mass is 341 g/mol. The molecular formula is C17H12ClN3O3. The van der Waals surface area contributed by atoms with E-state index < -0.39 is 10.8 Å². The number of hydrogen-bond donors (Lipinski definition) is 1. The number of rotatable bonds is 4. The highest BCUT2D eigenvalue weighted by Crippen LogP contribution is 2.25. The number of carbonyl (C=O) groups is 1. The Kier molecular flexibility index (Phi) is 4.31. The molecule has 0 radical (unpaired) electrons. The standard InChI is InChI=1S/C17H12ClN3O3/c18-15-11-13(6-7-16(15)20-8-1-2-9-20)19-17(22)12-4-3-5-14(10-12)21(23)24/h1-11H,(H,19,22). The summed E-state index contributed by atoms with van der Waals surface area (Å²) in [7, 11) is 0. The third kappa shape index (κ3) is 3.28. The van der Waals surface area contributed by atoms with Crippen molar-refractivity contribution >= 4 is 28.9 Å². The first-order valence-electron chi connectivity index (χ1n) is 7.03. The van der Waals surface area contributed by atoms with Gasteiger partial charge < -0.3 is 9.88 Å². The summed E-state index contributed by atoms with van der Waals surface area (Å²) >= 11 is 6.26. The maximum atomic E-state index is 12.2. The van der Waals surface area contributed by atoms with Crippen LogP contribution in [0.1, 0.15) is 10.4 Å². The largest absolute Gasteiger partial charge is 0.322 e. The van der Waals surface area contributed by atoms with Crippen LogP contribution in [0.5, 0.6) is 0 Å². The zero-order valence-electron chi connectivity index (χ0n) is 12.3. The van der Waals surface area contributed by atoms with E-state index in [0.717, 1.165) is 5.69 Å². The van der Waals surface area contributed by atoms with Crippen molar-refractivity contribution in [3.63, 3.8) is 0 Å². The highest BCUT2D eigenvalue weighted by atomic mass is 35.5. The van der Waals surface area contributed by atoms with E-state index in [2.05, 4.69) is 5.32 Å². The molecule has 3 rings (SSSR count). The van der Waals surface area contributed by atoms with Crippen molar-refractivity contribution in [3.8, 4) is 5.69 Å². The second kappa shape index (κ2) is 6.55. The summed E-state index contributed by atoms with van der Waals surface area (Å²) in [6.07, 6.45) is 3.73. The van der Waals surface area contributed by atoms with E-state index in [0.29, 0.717) is 10.7 Å². The number of nitrogens with zero attached hydrogens (tertiary/aromatic N) is 2. The van der Waals surface area contributed by atoms with Crippen LogP contribution in [0.4, 0.5) is 11.4 Å². The van der Waals surface area contributed by atoms with Crippen molar-refractivity contribution in [1.29, 1.82) is 0 Å². The SMILES string of the molecule is O=C(Nc1ccc(-n2cccc2)c(Cl)c1)c1cccc([N+](=O)[O-])c1. The predicted octanol–water partition coefficient (Wildman–Crippen LogP) is 4.29. The maximum absolute atomic E-state index is 12.2. The average Bonchev–Trinajstić information content (AvgIpc) is 3.09. The summed E-state index contributed by atoms with van der Waals surface area (Å²) in [6.45, 7) is 0. The van der Waals surface area contributed by atoms with Crippen molar-refractivity contribution in [1.82, 2.24) is 4.57 Å². The molecule has 1 aromatic heterocycles. The van der Waals surface area contributed by atoms with E-state index in [-0.39, 0.29) is 11.3 Å². The summed E-state index contributed by atoms with van der Waals surface area (Å²) < 4.78 is 1.86. The van der Waals surface area contributed by atoms with Crippen LogP contribution in [0, 0.1) is 10.1 Å². The fourth-order valence-electron chi connectivity index (χ4n) is 2.25. The maximum Gasteiger partial charge on any atom is 0.270 e. The second-order valence-corrected chi connectivity index (χ2v) is 5.43. The van der Waals surface area contributed by atoms with Gasteiger partial charge in [0.2, 0.25) is 0 Å². The van der Waals surface area contributed by atoms with E-state index in [1.54, 1.807) is 18.2 Å². The highest BCUT2D eigenvalue weighted by molar-refractivity contribution is 6.32. The molecule has 0 aliphatic rings. The normalized spacial score (nSPS) is 10.4. The van der Waals surface area contributed by atoms with E-state index in [1.807, 2.05) is 29.1 Å². The molecule has 0 saturated carbocycles. The number of carbonyl (C=O) groups excluding carboxylic acids is 1. The number of nitro groups is 1. The van der Waals surface area contributed by atoms with Gasteiger partial charge in [0.15, 0.2) is 0 Å². The van der Waals surface area contributed by atoms with Gasteiger partial charge in [-0.2, -0.15) is 0 Å². The molecule has 7 heteroatoms. The van der Waals surface area contributed by atoms with Gasteiger partial charge in [0.05, 0.1) is 15.6 Å². The Labute approximate surface area is 142 Å². The Morgan fingerprint density at radius 2 is 1.83 bits per heavy atom. The van der Waals surface area contributed by atoms with E-state index in [4.69, 9.17) is 11.6 Å². The van der Waals surface area contributed by atoms with Crippen molar-refractivity contribution < 1.29 is 9.72 Å². The summed E-state index contributed by atoms with van der Waals surface area (Å²) in [6, 6.07) is 14.4. The van der Waals surface area contributed by atoms with Gasteiger partial charge in [-0.3, -0.25) is 14.9 Å². The number of anilines is 1. The number of nitrogens with one attached hydrogen (secondary N) is 1. The third-order valence-electron chi connectivity index (χ3n) is 3.41. The van der Waals surface area contributed by atoms with Crippen molar-refractivity contribution in [3.05, 3.63) is 87.7 Å². The van der Waals surface area contributed by atoms with E-state index in [1.165, 1.54) is 24.3 Å². The number of hydrogen-bond acceptors (Lipinski definition) is 3. The number of nitro benzene ring substituents is 1. The molecule has 0 atom stereocenters. The molecule has 1 N–H and O–H groups in total. The van der Waals surface area contributed by atoms with Crippen molar-refractivity contribution in [2.24, 2.45) is 0 Å². The van der Waals surface area contributed by atoms with Gasteiger partial charge in [-0.05, 0) is 36.4 Å². The lowest BCUT2D eigenvalue weighted by atomic mass is 10.2. The lowest BCUT2D eigenvalue weighted by molar-refractivity contribution is -0.384. The number of halogens is 1. The van der Waals surface area contributed by atoms with Crippen molar-refractivity contribution in [2.75, 3.05) is 5.32 Å². The average molecular weight is 342 g/mol. The fourth-order valence-corrected chi connectivity index (χ4v) is 2.53. The van der Waals surface area contributed by atoms with Crippen LogP contribution in [0.3, 0.4) is 0 Å². The smallest absolute Gasteiger partial charge is 0.270 e. The molecule has 0 fully saturated rings. The van der Waals surface area contributed by atoms with Gasteiger partial charge in [-0.25, -0.2) is 0 Å². The zero-order chi connectivity index (χ0) is 17.1. The minimum Gasteiger partial charge on any atom is -0.322 e. The number of aromatic nitrogens is 1. The molecule has 1 amide bonds. The Morgan fingerprint density at radius 3 is 2.50 bits per heavy atom. The molecule has 0 aliphatic carbocycles. The topological polar surface area (TPSA) is 77.2 Å². The molecule has 1 heterocycles. The molecule has 3 aromatic rings. The molecule has 0 bridgehead atoms. The van der Waals surface area contributed by atoms with Gasteiger partial charge in [0, 0.05) is 35.8 Å². The molecule has 6 nitrogen and oxygen atoms in total. The number of benzene rings is 2. The van der Waals surface area contributed by atoms with E-state index >= 15 is 0 Å². The van der Waals surface area contributed by atoms with E-state index in [9.17, 15) is 14.9 Å². The number of amides is 1. The molecule has 0 aliphatic heterocycles. The Balaban J connectivity index is 1.81. The molecule has 0 unspecified atom stereocenters. The van der Waals surface area contributed by atoms with Crippen LogP contribution in [0.25, 0.3) is 5.69 Å². The van der Waals surface area contributed by atoms with Crippen LogP contribution in [0.15, 0.2) is 67.0 Å². The Morgan fingerprint density at radius 1 is 1.08 bits per heavy atom. The molecule has 0 saturated heterocycles. The summed E-state index contributed by atoms with van der Waals surface area (Å²) in [5, 5.41) is 13.9. The lowest BCUT2D eigenvalue weighted by Crippen LogP contribution is -2.12. The Bertz CT molecular complexity index is 907. The third-order valence-corrected chi connectivity index (χ3v) is 3.71. The number of non-ortho nitro benzene ring substituents is 1. The van der Waals surface area contributed by atoms with Crippen LogP contribution in [-0.2, 0) is 0 Å². The lowest BCUT2D eigenvalue weighted by Gasteiger charge is -2.09. The van der Waals surface area contributed by atoms with Crippen LogP contribution >= 0.6 is 11.6 Å². The van der Waals surface area contributed by atoms with Gasteiger partial charge in [0.25, 0.3) is 11.6 Å². The van der Waals surface area contributed by atoms with Crippen LogP contribution in [-0.4, -0.2) is 15.4 Å².